The molecule has 0 fully saturated rings. The maximum atomic E-state index is 9.95. The predicted molar refractivity (Wildman–Crippen MR) is 79.7 cm³/mol. The molecule has 0 aliphatic carbocycles. The zero-order valence-corrected chi connectivity index (χ0v) is 14.3. The zero-order valence-electron chi connectivity index (χ0n) is 11.9. The molecule has 0 aliphatic rings. The molecule has 136 valence electrons. The number of hydrogen-bond donors (Lipinski definition) is 3. The molecule has 1 rings (SSSR count). The quantitative estimate of drug-likeness (QED) is 0.584. The predicted octanol–water partition coefficient (Wildman–Crippen LogP) is 0.365. The van der Waals surface area contributed by atoms with Gasteiger partial charge in [-0.05, 0) is 18.6 Å². The number of pyridine rings is 1. The van der Waals surface area contributed by atoms with Gasteiger partial charge in [-0.3, -0.25) is 18.6 Å². The molecule has 1 aromatic heterocycles. The van der Waals surface area contributed by atoms with E-state index < -0.39 is 30.9 Å². The molecule has 0 saturated carbocycles. The first-order valence-electron chi connectivity index (χ1n) is 5.73. The van der Waals surface area contributed by atoms with Crippen molar-refractivity contribution in [1.82, 2.24) is 4.98 Å². The fraction of sp³-hybridized carbons (Fsp3) is 0.444. The van der Waals surface area contributed by atoms with Crippen LogP contribution in [0.5, 0.6) is 0 Å². The first kappa shape index (κ1) is 24.1. The summed E-state index contributed by atoms with van der Waals surface area (Å²) in [7, 11) is -13.9. The molecule has 0 atom stereocenters. The van der Waals surface area contributed by atoms with Crippen LogP contribution in [0.2, 0.25) is 0 Å². The van der Waals surface area contributed by atoms with Gasteiger partial charge in [-0.1, -0.05) is 19.4 Å². The smallest absolute Gasteiger partial charge is 0.286 e. The maximum Gasteiger partial charge on any atom is 0.413 e. The highest BCUT2D eigenvalue weighted by Gasteiger charge is 2.15. The van der Waals surface area contributed by atoms with Gasteiger partial charge < -0.3 is 0 Å². The van der Waals surface area contributed by atoms with E-state index >= 15 is 0 Å². The van der Waals surface area contributed by atoms with Crippen LogP contribution >= 0.6 is 0 Å². The summed E-state index contributed by atoms with van der Waals surface area (Å²) in [4.78, 5) is 3.78. The fourth-order valence-electron chi connectivity index (χ4n) is 0.748. The molecule has 0 unspecified atom stereocenters. The van der Waals surface area contributed by atoms with E-state index in [2.05, 4.69) is 8.61 Å². The fourth-order valence-corrected chi connectivity index (χ4v) is 2.27. The summed E-state index contributed by atoms with van der Waals surface area (Å²) in [6, 6.07) is 5.72. The lowest BCUT2D eigenvalue weighted by Gasteiger charge is -1.90. The van der Waals surface area contributed by atoms with E-state index in [9.17, 15) is 25.3 Å². The van der Waals surface area contributed by atoms with Crippen molar-refractivity contribution in [2.75, 3.05) is 5.75 Å². The summed E-state index contributed by atoms with van der Waals surface area (Å²) in [5, 5.41) is 0. The highest BCUT2D eigenvalue weighted by atomic mass is 32.3. The van der Waals surface area contributed by atoms with Gasteiger partial charge in [0.15, 0.2) is 0 Å². The lowest BCUT2D eigenvalue weighted by molar-refractivity contribution is 0.344. The lowest BCUT2D eigenvalue weighted by Crippen LogP contribution is -2.10. The largest absolute Gasteiger partial charge is 0.413 e. The third-order valence-corrected chi connectivity index (χ3v) is 3.67. The van der Waals surface area contributed by atoms with Crippen LogP contribution < -0.4 is 0 Å². The number of rotatable bonds is 5. The van der Waals surface area contributed by atoms with Crippen molar-refractivity contribution in [2.24, 2.45) is 0 Å². The molecule has 1 aromatic rings. The standard InChI is InChI=1S/C5H5N.C4H10O3S.H2O7S2/c1-2-4-6-5-3-1;1-2-3-4-8(5,6)7;1-8(2,3)7-9(4,5)6/h1-5H;2-4H2,1H3,(H,5,6,7);(H,1,2,3)(H,4,5,6). The Kier molecular flexibility index (Phi) is 11.9. The molecule has 14 heteroatoms. The third-order valence-electron chi connectivity index (χ3n) is 1.49. The molecular weight excluding hydrogens is 378 g/mol. The number of aromatic nitrogens is 1. The Balaban J connectivity index is 0. The molecule has 23 heavy (non-hydrogen) atoms. The van der Waals surface area contributed by atoms with Gasteiger partial charge in [-0.25, -0.2) is 0 Å². The van der Waals surface area contributed by atoms with Crippen LogP contribution in [0, 0.1) is 0 Å². The van der Waals surface area contributed by atoms with Gasteiger partial charge in [0.2, 0.25) is 0 Å². The summed E-state index contributed by atoms with van der Waals surface area (Å²) in [6.07, 6.45) is 4.83. The third kappa shape index (κ3) is 29.5. The van der Waals surface area contributed by atoms with E-state index in [1.165, 1.54) is 0 Å². The van der Waals surface area contributed by atoms with Gasteiger partial charge >= 0.3 is 20.8 Å². The second-order valence-corrected chi connectivity index (χ2v) is 7.41. The van der Waals surface area contributed by atoms with Gasteiger partial charge in [-0.15, -0.1) is 3.63 Å². The van der Waals surface area contributed by atoms with Crippen molar-refractivity contribution in [3.05, 3.63) is 30.6 Å². The van der Waals surface area contributed by atoms with Crippen LogP contribution in [0.4, 0.5) is 0 Å². The monoisotopic (exact) mass is 395 g/mol. The molecule has 0 saturated heterocycles. The highest BCUT2D eigenvalue weighted by molar-refractivity contribution is 7.94. The van der Waals surface area contributed by atoms with Crippen LogP contribution in [-0.2, 0) is 34.5 Å². The molecule has 0 amide bonds. The van der Waals surface area contributed by atoms with Crippen LogP contribution in [-0.4, -0.2) is 49.6 Å². The summed E-state index contributed by atoms with van der Waals surface area (Å²) in [5.74, 6) is -0.108. The second kappa shape index (κ2) is 11.4. The molecule has 0 aliphatic heterocycles. The Hall–Kier alpha value is -1.16. The average molecular weight is 395 g/mol. The number of nitrogens with zero attached hydrogens (tertiary/aromatic N) is 1. The van der Waals surface area contributed by atoms with Crippen LogP contribution in [0.1, 0.15) is 19.8 Å². The summed E-state index contributed by atoms with van der Waals surface area (Å²) < 4.78 is 83.6. The topological polar surface area (TPSA) is 185 Å². The SMILES string of the molecule is CCCCS(=O)(=O)O.O=S(=O)(O)OS(=O)(=O)O.c1ccncc1. The second-order valence-electron chi connectivity index (χ2n) is 3.59. The van der Waals surface area contributed by atoms with Crippen molar-refractivity contribution in [2.45, 2.75) is 19.8 Å². The molecule has 0 aromatic carbocycles. The van der Waals surface area contributed by atoms with Gasteiger partial charge in [0.05, 0.1) is 5.75 Å². The normalized spacial score (nSPS) is 11.5. The molecular formula is C9H17NO10S3. The molecule has 0 spiro atoms. The van der Waals surface area contributed by atoms with Crippen LogP contribution in [0.25, 0.3) is 0 Å². The van der Waals surface area contributed by atoms with Gasteiger partial charge in [0.25, 0.3) is 10.1 Å². The Morgan fingerprint density at radius 1 is 0.870 bits per heavy atom. The average Bonchev–Trinajstić information content (AvgIpc) is 2.35. The van der Waals surface area contributed by atoms with E-state index in [1.807, 2.05) is 25.1 Å². The highest BCUT2D eigenvalue weighted by Crippen LogP contribution is 1.92. The Labute approximate surface area is 135 Å². The Morgan fingerprint density at radius 2 is 1.30 bits per heavy atom. The number of unbranched alkanes of at least 4 members (excludes halogenated alkanes) is 1. The van der Waals surface area contributed by atoms with Crippen molar-refractivity contribution in [3.8, 4) is 0 Å². The van der Waals surface area contributed by atoms with Crippen molar-refractivity contribution in [3.63, 3.8) is 0 Å². The summed E-state index contributed by atoms with van der Waals surface area (Å²) >= 11 is 0. The Bertz CT molecular complexity index is 655. The van der Waals surface area contributed by atoms with Crippen molar-refractivity contribution >= 4 is 30.9 Å². The Morgan fingerprint density at radius 3 is 1.39 bits per heavy atom. The molecule has 1 heterocycles. The number of hydrogen-bond acceptors (Lipinski definition) is 8. The lowest BCUT2D eigenvalue weighted by atomic mass is 10.4. The minimum atomic E-state index is -5.12. The first-order valence-corrected chi connectivity index (χ1v) is 10.1. The van der Waals surface area contributed by atoms with Crippen molar-refractivity contribution < 1.29 is 42.5 Å². The van der Waals surface area contributed by atoms with Gasteiger partial charge in [0, 0.05) is 12.4 Å². The summed E-state index contributed by atoms with van der Waals surface area (Å²) in [5.41, 5.74) is 0. The molecule has 0 radical (unpaired) electrons. The van der Waals surface area contributed by atoms with E-state index in [0.717, 1.165) is 6.42 Å². The van der Waals surface area contributed by atoms with E-state index in [0.29, 0.717) is 6.42 Å². The molecule has 0 bridgehead atoms. The van der Waals surface area contributed by atoms with Gasteiger partial charge in [0.1, 0.15) is 0 Å². The first-order chi connectivity index (χ1) is 10.3. The van der Waals surface area contributed by atoms with E-state index in [-0.39, 0.29) is 5.75 Å². The molecule has 3 N–H and O–H groups in total. The van der Waals surface area contributed by atoms with E-state index in [1.54, 1.807) is 12.4 Å². The zero-order chi connectivity index (χ0) is 18.6. The van der Waals surface area contributed by atoms with Crippen molar-refractivity contribution in [1.29, 1.82) is 0 Å². The van der Waals surface area contributed by atoms with Crippen LogP contribution in [0.15, 0.2) is 30.6 Å². The van der Waals surface area contributed by atoms with E-state index in [4.69, 9.17) is 13.7 Å². The minimum absolute atomic E-state index is 0.108. The summed E-state index contributed by atoms with van der Waals surface area (Å²) in [6.45, 7) is 1.87. The molecule has 11 nitrogen and oxygen atoms in total. The maximum absolute atomic E-state index is 9.95. The minimum Gasteiger partial charge on any atom is -0.286 e. The van der Waals surface area contributed by atoms with Gasteiger partial charge in [-0.2, -0.15) is 25.3 Å². The van der Waals surface area contributed by atoms with Crippen LogP contribution in [0.3, 0.4) is 0 Å².